The van der Waals surface area contributed by atoms with Gasteiger partial charge in [0.15, 0.2) is 0 Å². The Bertz CT molecular complexity index is 902. The van der Waals surface area contributed by atoms with Crippen LogP contribution in [0.25, 0.3) is 11.1 Å². The van der Waals surface area contributed by atoms with Crippen LogP contribution in [0.1, 0.15) is 36.0 Å². The van der Waals surface area contributed by atoms with Crippen molar-refractivity contribution in [2.75, 3.05) is 6.54 Å². The van der Waals surface area contributed by atoms with Crippen LogP contribution in [0.2, 0.25) is 0 Å². The predicted molar refractivity (Wildman–Crippen MR) is 109 cm³/mol. The molecule has 144 valence electrons. The second kappa shape index (κ2) is 8.30. The Morgan fingerprint density at radius 1 is 1.04 bits per heavy atom. The Morgan fingerprint density at radius 3 is 2.43 bits per heavy atom. The number of piperidine rings is 1. The summed E-state index contributed by atoms with van der Waals surface area (Å²) >= 11 is 0. The largest absolute Gasteiger partial charge is 0.508 e. The number of likely N-dealkylation sites (tertiary alicyclic amines) is 1. The van der Waals surface area contributed by atoms with E-state index in [4.69, 9.17) is 0 Å². The Hall–Kier alpha value is -3.08. The van der Waals surface area contributed by atoms with Gasteiger partial charge in [0.2, 0.25) is 0 Å². The summed E-state index contributed by atoms with van der Waals surface area (Å²) in [6.07, 6.45) is 7.98. The number of aromatic nitrogens is 2. The van der Waals surface area contributed by atoms with Crippen LogP contribution in [0.4, 0.5) is 0 Å². The molecule has 2 heterocycles. The summed E-state index contributed by atoms with van der Waals surface area (Å²) in [5.74, 6) is 0.365. The van der Waals surface area contributed by atoms with E-state index in [1.165, 1.54) is 6.42 Å². The van der Waals surface area contributed by atoms with Crippen molar-refractivity contribution in [3.63, 3.8) is 0 Å². The van der Waals surface area contributed by atoms with Crippen LogP contribution in [-0.4, -0.2) is 38.3 Å². The molecule has 0 aliphatic carbocycles. The molecule has 0 spiro atoms. The van der Waals surface area contributed by atoms with Gasteiger partial charge in [-0.2, -0.15) is 5.10 Å². The first-order valence-electron chi connectivity index (χ1n) is 9.88. The molecule has 1 amide bonds. The first-order chi connectivity index (χ1) is 13.7. The van der Waals surface area contributed by atoms with Gasteiger partial charge < -0.3 is 10.0 Å². The molecule has 5 heteroatoms. The molecule has 28 heavy (non-hydrogen) atoms. The lowest BCUT2D eigenvalue weighted by Crippen LogP contribution is -2.44. The Morgan fingerprint density at radius 2 is 1.75 bits per heavy atom. The molecule has 1 atom stereocenters. The van der Waals surface area contributed by atoms with Gasteiger partial charge >= 0.3 is 0 Å². The van der Waals surface area contributed by atoms with Crippen molar-refractivity contribution in [2.45, 2.75) is 38.3 Å². The Kier molecular flexibility index (Phi) is 5.42. The number of hydrogen-bond donors (Lipinski definition) is 1. The fourth-order valence-corrected chi connectivity index (χ4v) is 3.91. The van der Waals surface area contributed by atoms with E-state index in [0.29, 0.717) is 0 Å². The fourth-order valence-electron chi connectivity index (χ4n) is 3.91. The van der Waals surface area contributed by atoms with Gasteiger partial charge in [-0.25, -0.2) is 0 Å². The van der Waals surface area contributed by atoms with E-state index in [9.17, 15) is 9.90 Å². The summed E-state index contributed by atoms with van der Waals surface area (Å²) in [6.45, 7) is 1.66. The number of nitrogens with zero attached hydrogens (tertiary/aromatic N) is 3. The lowest BCUT2D eigenvalue weighted by atomic mass is 9.97. The second-order valence-electron chi connectivity index (χ2n) is 7.33. The van der Waals surface area contributed by atoms with Gasteiger partial charge in [0.05, 0.1) is 0 Å². The van der Waals surface area contributed by atoms with Crippen LogP contribution in [0.3, 0.4) is 0 Å². The number of rotatable bonds is 5. The van der Waals surface area contributed by atoms with Crippen molar-refractivity contribution in [1.82, 2.24) is 14.7 Å². The van der Waals surface area contributed by atoms with Gasteiger partial charge in [-0.3, -0.25) is 9.48 Å². The molecule has 5 nitrogen and oxygen atoms in total. The molecule has 1 aliphatic rings. The van der Waals surface area contributed by atoms with Gasteiger partial charge in [0, 0.05) is 37.1 Å². The number of aryl methyl sites for hydroxylation is 1. The molecule has 0 radical (unpaired) electrons. The van der Waals surface area contributed by atoms with Crippen LogP contribution in [0.15, 0.2) is 67.0 Å². The second-order valence-corrected chi connectivity index (χ2v) is 7.33. The molecule has 1 fully saturated rings. The number of phenolic OH excluding ortho intramolecular Hbond substituents is 1. The number of aromatic hydroxyl groups is 1. The molecule has 1 aromatic heterocycles. The third-order valence-electron chi connectivity index (χ3n) is 5.47. The SMILES string of the molecule is O=C(c1ccc(-c2ccc(O)cc2)cc1)N1CCCC[C@H]1CCn1cccn1. The van der Waals surface area contributed by atoms with Gasteiger partial charge in [-0.05, 0) is 67.1 Å². The van der Waals surface area contributed by atoms with Crippen LogP contribution in [-0.2, 0) is 6.54 Å². The zero-order valence-corrected chi connectivity index (χ0v) is 15.9. The van der Waals surface area contributed by atoms with E-state index in [1.54, 1.807) is 18.3 Å². The van der Waals surface area contributed by atoms with Crippen molar-refractivity contribution >= 4 is 5.91 Å². The molecule has 0 saturated carbocycles. The normalized spacial score (nSPS) is 16.9. The number of carbonyl (C=O) groups is 1. The summed E-state index contributed by atoms with van der Waals surface area (Å²) < 4.78 is 1.93. The van der Waals surface area contributed by atoms with Crippen molar-refractivity contribution in [1.29, 1.82) is 0 Å². The van der Waals surface area contributed by atoms with Gasteiger partial charge in [0.25, 0.3) is 5.91 Å². The summed E-state index contributed by atoms with van der Waals surface area (Å²) in [5, 5.41) is 13.7. The number of hydrogen-bond acceptors (Lipinski definition) is 3. The minimum absolute atomic E-state index is 0.113. The Labute approximate surface area is 165 Å². The predicted octanol–water partition coefficient (Wildman–Crippen LogP) is 4.34. The molecule has 1 saturated heterocycles. The number of amides is 1. The van der Waals surface area contributed by atoms with Crippen LogP contribution in [0.5, 0.6) is 5.75 Å². The average molecular weight is 375 g/mol. The molecule has 0 bridgehead atoms. The van der Waals surface area contributed by atoms with E-state index in [-0.39, 0.29) is 17.7 Å². The van der Waals surface area contributed by atoms with Gasteiger partial charge in [-0.15, -0.1) is 0 Å². The lowest BCUT2D eigenvalue weighted by Gasteiger charge is -2.36. The van der Waals surface area contributed by atoms with Crippen molar-refractivity contribution in [3.05, 3.63) is 72.6 Å². The average Bonchev–Trinajstić information content (AvgIpc) is 3.26. The van der Waals surface area contributed by atoms with Crippen molar-refractivity contribution < 1.29 is 9.90 Å². The highest BCUT2D eigenvalue weighted by Crippen LogP contribution is 2.25. The van der Waals surface area contributed by atoms with E-state index in [0.717, 1.165) is 49.0 Å². The first kappa shape index (κ1) is 18.3. The molecule has 4 rings (SSSR count). The summed E-state index contributed by atoms with van der Waals surface area (Å²) in [7, 11) is 0. The number of benzene rings is 2. The number of phenols is 1. The third-order valence-corrected chi connectivity index (χ3v) is 5.47. The fraction of sp³-hybridized carbons (Fsp3) is 0.304. The van der Waals surface area contributed by atoms with Crippen LogP contribution >= 0.6 is 0 Å². The molecular weight excluding hydrogens is 350 g/mol. The van der Waals surface area contributed by atoms with Crippen molar-refractivity contribution in [2.24, 2.45) is 0 Å². The summed E-state index contributed by atoms with van der Waals surface area (Å²) in [5.41, 5.74) is 2.78. The Balaban J connectivity index is 1.46. The maximum absolute atomic E-state index is 13.1. The highest BCUT2D eigenvalue weighted by Gasteiger charge is 2.27. The standard InChI is InChI=1S/C23H25N3O2/c27-22-11-9-19(10-12-22)18-5-7-20(8-6-18)23(28)26-16-2-1-4-21(26)13-17-25-15-3-14-24-25/h3,5-12,14-15,21,27H,1-2,4,13,16-17H2/t21-/m0/s1. The minimum Gasteiger partial charge on any atom is -0.508 e. The summed E-state index contributed by atoms with van der Waals surface area (Å²) in [6, 6.07) is 17.1. The smallest absolute Gasteiger partial charge is 0.254 e. The van der Waals surface area contributed by atoms with E-state index < -0.39 is 0 Å². The van der Waals surface area contributed by atoms with Gasteiger partial charge in [-0.1, -0.05) is 24.3 Å². The third kappa shape index (κ3) is 4.09. The molecule has 1 aliphatic heterocycles. The molecule has 3 aromatic rings. The zero-order valence-electron chi connectivity index (χ0n) is 15.9. The summed E-state index contributed by atoms with van der Waals surface area (Å²) in [4.78, 5) is 15.2. The highest BCUT2D eigenvalue weighted by molar-refractivity contribution is 5.95. The molecule has 0 unspecified atom stereocenters. The van der Waals surface area contributed by atoms with E-state index in [2.05, 4.69) is 5.10 Å². The topological polar surface area (TPSA) is 58.4 Å². The van der Waals surface area contributed by atoms with Crippen LogP contribution in [0, 0.1) is 0 Å². The molecule has 2 aromatic carbocycles. The quantitative estimate of drug-likeness (QED) is 0.722. The van der Waals surface area contributed by atoms with Crippen LogP contribution < -0.4 is 0 Å². The minimum atomic E-state index is 0.113. The van der Waals surface area contributed by atoms with E-state index >= 15 is 0 Å². The number of carbonyl (C=O) groups excluding carboxylic acids is 1. The monoisotopic (exact) mass is 375 g/mol. The lowest BCUT2D eigenvalue weighted by molar-refractivity contribution is 0.0594. The first-order valence-corrected chi connectivity index (χ1v) is 9.88. The highest BCUT2D eigenvalue weighted by atomic mass is 16.3. The van der Waals surface area contributed by atoms with Crippen molar-refractivity contribution in [3.8, 4) is 16.9 Å². The molecular formula is C23H25N3O2. The molecule has 1 N–H and O–H groups in total. The maximum Gasteiger partial charge on any atom is 0.254 e. The maximum atomic E-state index is 13.1. The van der Waals surface area contributed by atoms with Gasteiger partial charge in [0.1, 0.15) is 5.75 Å². The zero-order chi connectivity index (χ0) is 19.3. The van der Waals surface area contributed by atoms with E-state index in [1.807, 2.05) is 58.2 Å².